The van der Waals surface area contributed by atoms with Gasteiger partial charge in [0.25, 0.3) is 0 Å². The van der Waals surface area contributed by atoms with Crippen LogP contribution in [0, 0.1) is 5.92 Å². The summed E-state index contributed by atoms with van der Waals surface area (Å²) in [5.74, 6) is 0.125. The van der Waals surface area contributed by atoms with E-state index < -0.39 is 6.36 Å². The third-order valence-corrected chi connectivity index (χ3v) is 2.77. The molecule has 0 aliphatic carbocycles. The molecular weight excluding hydrogens is 267 g/mol. The van der Waals surface area contributed by atoms with Crippen LogP contribution in [0.15, 0.2) is 35.3 Å². The highest BCUT2D eigenvalue weighted by atomic mass is 19.4. The number of halogens is 3. The van der Waals surface area contributed by atoms with E-state index in [2.05, 4.69) is 23.6 Å². The third-order valence-electron chi connectivity index (χ3n) is 2.77. The molecule has 1 unspecified atom stereocenters. The van der Waals surface area contributed by atoms with Crippen molar-refractivity contribution in [2.45, 2.75) is 33.6 Å². The van der Waals surface area contributed by atoms with Crippen LogP contribution >= 0.6 is 0 Å². The number of alkyl halides is 3. The standard InChI is InChI=1S/C15H18F3NO/c1-4-11(3)10-19-14(5-2)12-6-8-13(9-7-12)20-15(16,17)18/h5-11H,4H2,1-3H3/b14-5-,19-10-. The Hall–Kier alpha value is -1.78. The third kappa shape index (κ3) is 5.47. The summed E-state index contributed by atoms with van der Waals surface area (Å²) in [6.45, 7) is 5.95. The van der Waals surface area contributed by atoms with E-state index in [9.17, 15) is 13.2 Å². The van der Waals surface area contributed by atoms with Gasteiger partial charge in [-0.25, -0.2) is 0 Å². The first-order valence-corrected chi connectivity index (χ1v) is 6.42. The molecule has 0 N–H and O–H groups in total. The quantitative estimate of drug-likeness (QED) is 0.693. The van der Waals surface area contributed by atoms with E-state index in [4.69, 9.17) is 0 Å². The second-order valence-corrected chi connectivity index (χ2v) is 4.41. The fourth-order valence-electron chi connectivity index (χ4n) is 1.46. The van der Waals surface area contributed by atoms with Gasteiger partial charge < -0.3 is 4.74 Å². The van der Waals surface area contributed by atoms with Crippen LogP contribution < -0.4 is 4.74 Å². The molecule has 2 nitrogen and oxygen atoms in total. The maximum atomic E-state index is 12.1. The van der Waals surface area contributed by atoms with Gasteiger partial charge in [-0.2, -0.15) is 0 Å². The number of hydrogen-bond acceptors (Lipinski definition) is 2. The molecule has 0 aliphatic heterocycles. The second kappa shape index (κ2) is 7.12. The van der Waals surface area contributed by atoms with E-state index in [0.717, 1.165) is 17.7 Å². The van der Waals surface area contributed by atoms with Crippen LogP contribution in [0.25, 0.3) is 5.70 Å². The molecule has 110 valence electrons. The van der Waals surface area contributed by atoms with Gasteiger partial charge in [-0.15, -0.1) is 13.2 Å². The lowest BCUT2D eigenvalue weighted by atomic mass is 10.1. The minimum Gasteiger partial charge on any atom is -0.406 e. The van der Waals surface area contributed by atoms with E-state index >= 15 is 0 Å². The van der Waals surface area contributed by atoms with Crippen molar-refractivity contribution in [3.05, 3.63) is 35.9 Å². The molecule has 0 saturated carbocycles. The molecular formula is C15H18F3NO. The normalized spacial score (nSPS) is 14.6. The molecule has 1 rings (SSSR count). The van der Waals surface area contributed by atoms with Crippen molar-refractivity contribution in [1.82, 2.24) is 0 Å². The van der Waals surface area contributed by atoms with E-state index in [0.29, 0.717) is 5.92 Å². The van der Waals surface area contributed by atoms with Gasteiger partial charge in [0.1, 0.15) is 5.75 Å². The molecule has 0 amide bonds. The average molecular weight is 285 g/mol. The number of hydrogen-bond donors (Lipinski definition) is 0. The second-order valence-electron chi connectivity index (χ2n) is 4.41. The van der Waals surface area contributed by atoms with Crippen LogP contribution in [0.5, 0.6) is 5.75 Å². The summed E-state index contributed by atoms with van der Waals surface area (Å²) in [5.41, 5.74) is 1.48. The van der Waals surface area contributed by atoms with Crippen LogP contribution in [0.3, 0.4) is 0 Å². The highest BCUT2D eigenvalue weighted by Crippen LogP contribution is 2.25. The summed E-state index contributed by atoms with van der Waals surface area (Å²) in [4.78, 5) is 4.36. The summed E-state index contributed by atoms with van der Waals surface area (Å²) in [6, 6.07) is 5.69. The molecule has 0 bridgehead atoms. The van der Waals surface area contributed by atoms with Crippen LogP contribution in [-0.2, 0) is 0 Å². The Morgan fingerprint density at radius 1 is 1.30 bits per heavy atom. The first-order chi connectivity index (χ1) is 9.35. The highest BCUT2D eigenvalue weighted by Gasteiger charge is 2.30. The van der Waals surface area contributed by atoms with Crippen molar-refractivity contribution < 1.29 is 17.9 Å². The van der Waals surface area contributed by atoms with Gasteiger partial charge in [0.2, 0.25) is 0 Å². The van der Waals surface area contributed by atoms with Crippen molar-refractivity contribution in [1.29, 1.82) is 0 Å². The number of ether oxygens (including phenoxy) is 1. The van der Waals surface area contributed by atoms with Crippen molar-refractivity contribution in [2.24, 2.45) is 10.9 Å². The molecule has 1 atom stereocenters. The Kier molecular flexibility index (Phi) is 5.80. The van der Waals surface area contributed by atoms with Gasteiger partial charge in [-0.3, -0.25) is 4.99 Å². The maximum Gasteiger partial charge on any atom is 0.573 e. The van der Waals surface area contributed by atoms with Gasteiger partial charge in [0, 0.05) is 11.8 Å². The van der Waals surface area contributed by atoms with Gasteiger partial charge in [0.05, 0.1) is 5.70 Å². The van der Waals surface area contributed by atoms with E-state index in [1.165, 1.54) is 12.1 Å². The molecule has 0 radical (unpaired) electrons. The average Bonchev–Trinajstić information content (AvgIpc) is 2.39. The smallest absolute Gasteiger partial charge is 0.406 e. The van der Waals surface area contributed by atoms with Crippen molar-refractivity contribution in [2.75, 3.05) is 0 Å². The molecule has 0 saturated heterocycles. The molecule has 0 aliphatic rings. The summed E-state index contributed by atoms with van der Waals surface area (Å²) in [5, 5.41) is 0. The molecule has 0 spiro atoms. The Morgan fingerprint density at radius 2 is 1.90 bits per heavy atom. The topological polar surface area (TPSA) is 21.6 Å². The molecule has 5 heteroatoms. The summed E-state index contributed by atoms with van der Waals surface area (Å²) >= 11 is 0. The van der Waals surface area contributed by atoms with Crippen molar-refractivity contribution in [3.63, 3.8) is 0 Å². The minimum atomic E-state index is -4.67. The Labute approximate surface area is 117 Å². The minimum absolute atomic E-state index is 0.234. The Morgan fingerprint density at radius 3 is 2.35 bits per heavy atom. The predicted octanol–water partition coefficient (Wildman–Crippen LogP) is 5.06. The number of benzene rings is 1. The fourth-order valence-corrected chi connectivity index (χ4v) is 1.46. The maximum absolute atomic E-state index is 12.1. The van der Waals surface area contributed by atoms with Crippen molar-refractivity contribution >= 4 is 11.9 Å². The van der Waals surface area contributed by atoms with Crippen LogP contribution in [0.2, 0.25) is 0 Å². The predicted molar refractivity (Wildman–Crippen MR) is 74.7 cm³/mol. The fraction of sp³-hybridized carbons (Fsp3) is 0.400. The number of aliphatic imine (C=N–C) groups is 1. The molecule has 0 heterocycles. The lowest BCUT2D eigenvalue weighted by Crippen LogP contribution is -2.16. The summed E-state index contributed by atoms with van der Waals surface area (Å²) < 4.78 is 40.0. The molecule has 1 aromatic rings. The molecule has 1 aromatic carbocycles. The Balaban J connectivity index is 2.83. The first-order valence-electron chi connectivity index (χ1n) is 6.42. The lowest BCUT2D eigenvalue weighted by molar-refractivity contribution is -0.274. The van der Waals surface area contributed by atoms with Crippen LogP contribution in [0.1, 0.15) is 32.8 Å². The van der Waals surface area contributed by atoms with Gasteiger partial charge in [0.15, 0.2) is 0 Å². The zero-order valence-corrected chi connectivity index (χ0v) is 11.7. The largest absolute Gasteiger partial charge is 0.573 e. The van der Waals surface area contributed by atoms with Gasteiger partial charge >= 0.3 is 6.36 Å². The molecule has 20 heavy (non-hydrogen) atoms. The van der Waals surface area contributed by atoms with Gasteiger partial charge in [-0.1, -0.05) is 19.9 Å². The highest BCUT2D eigenvalue weighted by molar-refractivity contribution is 5.74. The first kappa shape index (κ1) is 16.3. The molecule has 0 aromatic heterocycles. The SMILES string of the molecule is C/C=C(\N=C/C(C)CC)c1ccc(OC(F)(F)F)cc1. The van der Waals surface area contributed by atoms with E-state index in [1.54, 1.807) is 12.1 Å². The lowest BCUT2D eigenvalue weighted by Gasteiger charge is -2.09. The number of nitrogens with zero attached hydrogens (tertiary/aromatic N) is 1. The summed E-state index contributed by atoms with van der Waals surface area (Å²) in [6.07, 6.45) is -0.0214. The van der Waals surface area contributed by atoms with Crippen molar-refractivity contribution in [3.8, 4) is 5.75 Å². The summed E-state index contributed by atoms with van der Waals surface area (Å²) in [7, 11) is 0. The number of allylic oxidation sites excluding steroid dienone is 1. The molecule has 0 fully saturated rings. The van der Waals surface area contributed by atoms with E-state index in [-0.39, 0.29) is 5.75 Å². The number of rotatable bonds is 5. The van der Waals surface area contributed by atoms with Crippen LogP contribution in [0.4, 0.5) is 13.2 Å². The van der Waals surface area contributed by atoms with E-state index in [1.807, 2.05) is 19.2 Å². The Bertz CT molecular complexity index is 475. The zero-order valence-electron chi connectivity index (χ0n) is 11.7. The zero-order chi connectivity index (χ0) is 15.2. The van der Waals surface area contributed by atoms with Crippen LogP contribution in [-0.4, -0.2) is 12.6 Å². The monoisotopic (exact) mass is 285 g/mol. The van der Waals surface area contributed by atoms with Gasteiger partial charge in [-0.05, 0) is 43.5 Å².